The highest BCUT2D eigenvalue weighted by atomic mass is 35.5. The van der Waals surface area contributed by atoms with Crippen LogP contribution in [0.2, 0.25) is 5.02 Å². The molecule has 2 N–H and O–H groups in total. The van der Waals surface area contributed by atoms with Crippen molar-refractivity contribution in [2.24, 2.45) is 10.7 Å². The van der Waals surface area contributed by atoms with Crippen LogP contribution in [0, 0.1) is 0 Å². The van der Waals surface area contributed by atoms with Gasteiger partial charge in [0.1, 0.15) is 5.84 Å². The first kappa shape index (κ1) is 13.7. The summed E-state index contributed by atoms with van der Waals surface area (Å²) in [5, 5.41) is 1.13. The minimum atomic E-state index is 0.221. The predicted octanol–water partition coefficient (Wildman–Crippen LogP) is 4.07. The van der Waals surface area contributed by atoms with Crippen molar-refractivity contribution in [2.75, 3.05) is 5.88 Å². The van der Waals surface area contributed by atoms with Gasteiger partial charge in [0.15, 0.2) is 0 Å². The lowest BCUT2D eigenvalue weighted by Crippen LogP contribution is -2.12. The zero-order valence-corrected chi connectivity index (χ0v) is 11.5. The molecule has 88 valence electrons. The largest absolute Gasteiger partial charge is 0.386 e. The van der Waals surface area contributed by atoms with Gasteiger partial charge in [0.05, 0.1) is 21.5 Å². The number of benzene rings is 1. The Labute approximate surface area is 110 Å². The van der Waals surface area contributed by atoms with Crippen molar-refractivity contribution in [3.8, 4) is 0 Å². The summed E-state index contributed by atoms with van der Waals surface area (Å²) in [4.78, 5) is 5.20. The summed E-state index contributed by atoms with van der Waals surface area (Å²) in [6.45, 7) is 4.21. The van der Waals surface area contributed by atoms with E-state index in [4.69, 9.17) is 28.9 Å². The topological polar surface area (TPSA) is 38.4 Å². The van der Waals surface area contributed by atoms with E-state index in [9.17, 15) is 0 Å². The molecule has 0 spiro atoms. The molecule has 0 heterocycles. The molecule has 5 heteroatoms. The Kier molecular flexibility index (Phi) is 5.46. The molecule has 0 radical (unpaired) electrons. The number of aliphatic imine (C=N–C) groups is 1. The summed E-state index contributed by atoms with van der Waals surface area (Å²) >= 11 is 13.4. The van der Waals surface area contributed by atoms with E-state index in [0.717, 1.165) is 10.6 Å². The van der Waals surface area contributed by atoms with Crippen LogP contribution in [0.5, 0.6) is 0 Å². The van der Waals surface area contributed by atoms with Crippen LogP contribution < -0.4 is 5.73 Å². The molecule has 0 aliphatic heterocycles. The number of alkyl halides is 1. The van der Waals surface area contributed by atoms with E-state index >= 15 is 0 Å². The van der Waals surface area contributed by atoms with Crippen molar-refractivity contribution in [3.63, 3.8) is 0 Å². The monoisotopic (exact) mass is 276 g/mol. The molecule has 1 aromatic rings. The second-order valence-corrected chi connectivity index (χ2v) is 5.75. The fraction of sp³-hybridized carbons (Fsp3) is 0.364. The maximum Gasteiger partial charge on any atom is 0.115 e. The van der Waals surface area contributed by atoms with Gasteiger partial charge in [-0.15, -0.1) is 23.4 Å². The Balaban J connectivity index is 3.12. The third-order valence-electron chi connectivity index (χ3n) is 1.70. The molecule has 0 aliphatic carbocycles. The summed E-state index contributed by atoms with van der Waals surface area (Å²) in [5.41, 5.74) is 6.40. The van der Waals surface area contributed by atoms with Gasteiger partial charge in [0, 0.05) is 5.25 Å². The molecule has 0 saturated heterocycles. The Morgan fingerprint density at radius 3 is 2.75 bits per heavy atom. The molecule has 0 amide bonds. The summed E-state index contributed by atoms with van der Waals surface area (Å²) in [7, 11) is 0. The molecule has 0 aliphatic rings. The minimum absolute atomic E-state index is 0.221. The van der Waals surface area contributed by atoms with Crippen LogP contribution in [-0.2, 0) is 0 Å². The maximum atomic E-state index is 6.14. The number of thioether (sulfide) groups is 1. The van der Waals surface area contributed by atoms with Crippen LogP contribution in [-0.4, -0.2) is 17.0 Å². The molecule has 0 atom stereocenters. The van der Waals surface area contributed by atoms with E-state index in [2.05, 4.69) is 18.8 Å². The second kappa shape index (κ2) is 6.38. The highest BCUT2D eigenvalue weighted by molar-refractivity contribution is 8.00. The third-order valence-corrected chi connectivity index (χ3v) is 3.54. The SMILES string of the molecule is CC(C)Sc1c(Cl)cccc1N=C(N)CCl. The number of nitrogens with two attached hydrogens (primary N) is 1. The van der Waals surface area contributed by atoms with Gasteiger partial charge in [-0.3, -0.25) is 0 Å². The molecule has 2 nitrogen and oxygen atoms in total. The van der Waals surface area contributed by atoms with Gasteiger partial charge in [-0.2, -0.15) is 0 Å². The maximum absolute atomic E-state index is 6.14. The van der Waals surface area contributed by atoms with E-state index in [1.54, 1.807) is 11.8 Å². The lowest BCUT2D eigenvalue weighted by Gasteiger charge is -2.10. The number of rotatable bonds is 4. The first-order valence-corrected chi connectivity index (χ1v) is 6.68. The number of amidine groups is 1. The van der Waals surface area contributed by atoms with E-state index < -0.39 is 0 Å². The van der Waals surface area contributed by atoms with Crippen LogP contribution in [0.3, 0.4) is 0 Å². The van der Waals surface area contributed by atoms with E-state index in [1.165, 1.54) is 0 Å². The Morgan fingerprint density at radius 2 is 2.19 bits per heavy atom. The standard InChI is InChI=1S/C11H14Cl2N2S/c1-7(2)16-11-8(13)4-3-5-9(11)15-10(14)6-12/h3-5,7H,6H2,1-2H3,(H2,14,15). The Hall–Kier alpha value is -0.380. The number of hydrogen-bond acceptors (Lipinski definition) is 2. The molecule has 0 fully saturated rings. The number of hydrogen-bond donors (Lipinski definition) is 1. The van der Waals surface area contributed by atoms with Crippen LogP contribution in [0.4, 0.5) is 5.69 Å². The molecule has 1 aromatic carbocycles. The molecule has 16 heavy (non-hydrogen) atoms. The Morgan fingerprint density at radius 1 is 1.50 bits per heavy atom. The second-order valence-electron chi connectivity index (χ2n) is 3.49. The van der Waals surface area contributed by atoms with E-state index in [1.807, 2.05) is 18.2 Å². The zero-order valence-electron chi connectivity index (χ0n) is 9.21. The fourth-order valence-electron chi connectivity index (χ4n) is 1.12. The van der Waals surface area contributed by atoms with Gasteiger partial charge < -0.3 is 5.73 Å². The molecule has 1 rings (SSSR count). The first-order chi connectivity index (χ1) is 7.54. The highest BCUT2D eigenvalue weighted by Crippen LogP contribution is 2.38. The lowest BCUT2D eigenvalue weighted by atomic mass is 10.3. The zero-order chi connectivity index (χ0) is 12.1. The van der Waals surface area contributed by atoms with Crippen LogP contribution in [0.1, 0.15) is 13.8 Å². The van der Waals surface area contributed by atoms with Gasteiger partial charge in [-0.1, -0.05) is 31.5 Å². The van der Waals surface area contributed by atoms with Gasteiger partial charge in [-0.25, -0.2) is 4.99 Å². The Bertz CT molecular complexity index is 392. The smallest absolute Gasteiger partial charge is 0.115 e. The molecule has 0 saturated carbocycles. The first-order valence-electron chi connectivity index (χ1n) is 4.88. The lowest BCUT2D eigenvalue weighted by molar-refractivity contribution is 1.11. The quantitative estimate of drug-likeness (QED) is 0.390. The van der Waals surface area contributed by atoms with Gasteiger partial charge in [-0.05, 0) is 12.1 Å². The molecular weight excluding hydrogens is 263 g/mol. The van der Waals surface area contributed by atoms with Crippen molar-refractivity contribution < 1.29 is 0 Å². The van der Waals surface area contributed by atoms with Crippen molar-refractivity contribution in [3.05, 3.63) is 23.2 Å². The number of nitrogens with zero attached hydrogens (tertiary/aromatic N) is 1. The summed E-state index contributed by atoms with van der Waals surface area (Å²) in [5.74, 6) is 0.618. The molecular formula is C11H14Cl2N2S. The molecule has 0 unspecified atom stereocenters. The van der Waals surface area contributed by atoms with Crippen LogP contribution >= 0.6 is 35.0 Å². The molecule has 0 aromatic heterocycles. The van der Waals surface area contributed by atoms with Crippen molar-refractivity contribution in [1.29, 1.82) is 0 Å². The highest BCUT2D eigenvalue weighted by Gasteiger charge is 2.09. The minimum Gasteiger partial charge on any atom is -0.386 e. The van der Waals surface area contributed by atoms with Crippen molar-refractivity contribution in [2.45, 2.75) is 24.0 Å². The number of halogens is 2. The van der Waals surface area contributed by atoms with Crippen molar-refractivity contribution >= 4 is 46.5 Å². The molecule has 0 bridgehead atoms. The summed E-state index contributed by atoms with van der Waals surface area (Å²) in [6, 6.07) is 5.59. The van der Waals surface area contributed by atoms with Crippen LogP contribution in [0.25, 0.3) is 0 Å². The predicted molar refractivity (Wildman–Crippen MR) is 74.4 cm³/mol. The van der Waals surface area contributed by atoms with Gasteiger partial charge in [0.25, 0.3) is 0 Å². The van der Waals surface area contributed by atoms with E-state index in [-0.39, 0.29) is 5.88 Å². The average molecular weight is 277 g/mol. The van der Waals surface area contributed by atoms with Gasteiger partial charge in [0.2, 0.25) is 0 Å². The summed E-state index contributed by atoms with van der Waals surface area (Å²) < 4.78 is 0. The van der Waals surface area contributed by atoms with Crippen molar-refractivity contribution in [1.82, 2.24) is 0 Å². The third kappa shape index (κ3) is 3.89. The van der Waals surface area contributed by atoms with Crippen LogP contribution in [0.15, 0.2) is 28.1 Å². The average Bonchev–Trinajstić information content (AvgIpc) is 2.22. The normalized spacial score (nSPS) is 12.2. The van der Waals surface area contributed by atoms with E-state index in [0.29, 0.717) is 16.1 Å². The fourth-order valence-corrected chi connectivity index (χ4v) is 2.37. The summed E-state index contributed by atoms with van der Waals surface area (Å²) in [6.07, 6.45) is 0. The van der Waals surface area contributed by atoms with Gasteiger partial charge >= 0.3 is 0 Å².